The van der Waals surface area contributed by atoms with Crippen LogP contribution in [0.15, 0.2) is 49.1 Å². The van der Waals surface area contributed by atoms with Crippen molar-refractivity contribution in [1.29, 1.82) is 0 Å². The van der Waals surface area contributed by atoms with Crippen LogP contribution in [-0.2, 0) is 11.2 Å². The van der Waals surface area contributed by atoms with Crippen LogP contribution in [0.4, 0.5) is 0 Å². The minimum atomic E-state index is -0.136. The largest absolute Gasteiger partial charge is 0.489 e. The average Bonchev–Trinajstić information content (AvgIpc) is 3.14. The first-order valence-electron chi connectivity index (χ1n) is 9.42. The van der Waals surface area contributed by atoms with Gasteiger partial charge in [-0.3, -0.25) is 4.79 Å². The zero-order valence-electron chi connectivity index (χ0n) is 16.0. The maximum atomic E-state index is 12.5. The van der Waals surface area contributed by atoms with Gasteiger partial charge in [-0.2, -0.15) is 5.10 Å². The first kappa shape index (κ1) is 19.3. The fourth-order valence-corrected chi connectivity index (χ4v) is 3.49. The third-order valence-corrected chi connectivity index (χ3v) is 4.96. The van der Waals surface area contributed by atoms with Crippen LogP contribution >= 0.6 is 11.6 Å². The van der Waals surface area contributed by atoms with Gasteiger partial charge < -0.3 is 14.8 Å². The predicted octanol–water partition coefficient (Wildman–Crippen LogP) is 3.50. The second-order valence-electron chi connectivity index (χ2n) is 6.85. The molecule has 29 heavy (non-hydrogen) atoms. The highest BCUT2D eigenvalue weighted by atomic mass is 35.5. The van der Waals surface area contributed by atoms with Crippen molar-refractivity contribution < 1.29 is 14.3 Å². The molecule has 0 saturated carbocycles. The predicted molar refractivity (Wildman–Crippen MR) is 109 cm³/mol. The highest BCUT2D eigenvalue weighted by Crippen LogP contribution is 2.38. The lowest BCUT2D eigenvalue weighted by Gasteiger charge is -2.16. The Balaban J connectivity index is 1.40. The standard InChI is InChI=1S/C21H21ClN4O3/c1-14(16-3-5-17(6-4-16)26-13-23-12-24-26)25-20(27)11-15-9-18(22)21-19(10-15)28-7-2-8-29-21/h3-6,9-10,12-14H,2,7-8,11H2,1H3,(H,25,27)/t14-/m1/s1. The van der Waals surface area contributed by atoms with Gasteiger partial charge in [-0.25, -0.2) is 9.67 Å². The molecule has 3 aromatic rings. The molecule has 0 radical (unpaired) electrons. The number of aromatic nitrogens is 3. The average molecular weight is 413 g/mol. The highest BCUT2D eigenvalue weighted by molar-refractivity contribution is 6.32. The minimum absolute atomic E-state index is 0.0941. The van der Waals surface area contributed by atoms with Gasteiger partial charge >= 0.3 is 0 Å². The molecular weight excluding hydrogens is 392 g/mol. The van der Waals surface area contributed by atoms with Gasteiger partial charge in [-0.05, 0) is 42.3 Å². The van der Waals surface area contributed by atoms with Gasteiger partial charge in [0.15, 0.2) is 11.5 Å². The Kier molecular flexibility index (Phi) is 5.67. The topological polar surface area (TPSA) is 78.3 Å². The molecule has 1 aliphatic heterocycles. The van der Waals surface area contributed by atoms with Crippen LogP contribution in [0.3, 0.4) is 0 Å². The smallest absolute Gasteiger partial charge is 0.224 e. The van der Waals surface area contributed by atoms with E-state index in [4.69, 9.17) is 21.1 Å². The summed E-state index contributed by atoms with van der Waals surface area (Å²) < 4.78 is 13.0. The lowest BCUT2D eigenvalue weighted by Crippen LogP contribution is -2.28. The Hall–Kier alpha value is -3.06. The summed E-state index contributed by atoms with van der Waals surface area (Å²) >= 11 is 6.31. The van der Waals surface area contributed by atoms with E-state index in [1.165, 1.54) is 6.33 Å². The number of carbonyl (C=O) groups excluding carboxylic acids is 1. The summed E-state index contributed by atoms with van der Waals surface area (Å²) in [5.74, 6) is 1.05. The molecule has 1 aromatic heterocycles. The number of nitrogens with one attached hydrogen (secondary N) is 1. The summed E-state index contributed by atoms with van der Waals surface area (Å²) in [5, 5.41) is 7.59. The van der Waals surface area contributed by atoms with Crippen molar-refractivity contribution in [2.75, 3.05) is 13.2 Å². The van der Waals surface area contributed by atoms with Crippen LogP contribution < -0.4 is 14.8 Å². The van der Waals surface area contributed by atoms with Gasteiger partial charge in [-0.15, -0.1) is 0 Å². The lowest BCUT2D eigenvalue weighted by atomic mass is 10.1. The van der Waals surface area contributed by atoms with Crippen molar-refractivity contribution in [2.45, 2.75) is 25.8 Å². The van der Waals surface area contributed by atoms with Crippen LogP contribution in [0, 0.1) is 0 Å². The van der Waals surface area contributed by atoms with Gasteiger partial charge in [0.25, 0.3) is 0 Å². The number of hydrogen-bond donors (Lipinski definition) is 1. The van der Waals surface area contributed by atoms with Crippen LogP contribution in [0.1, 0.15) is 30.5 Å². The van der Waals surface area contributed by atoms with E-state index < -0.39 is 0 Å². The first-order valence-corrected chi connectivity index (χ1v) is 9.80. The molecule has 2 heterocycles. The summed E-state index contributed by atoms with van der Waals surface area (Å²) in [6.07, 6.45) is 4.13. The molecule has 0 saturated heterocycles. The van der Waals surface area contributed by atoms with Crippen molar-refractivity contribution in [1.82, 2.24) is 20.1 Å². The zero-order chi connectivity index (χ0) is 20.2. The molecule has 0 aliphatic carbocycles. The van der Waals surface area contributed by atoms with E-state index in [0.29, 0.717) is 29.7 Å². The van der Waals surface area contributed by atoms with E-state index in [2.05, 4.69) is 15.4 Å². The fourth-order valence-electron chi connectivity index (χ4n) is 3.20. The van der Waals surface area contributed by atoms with E-state index in [1.54, 1.807) is 17.1 Å². The monoisotopic (exact) mass is 412 g/mol. The molecule has 2 aromatic carbocycles. The van der Waals surface area contributed by atoms with Crippen molar-refractivity contribution >= 4 is 17.5 Å². The lowest BCUT2D eigenvalue weighted by molar-refractivity contribution is -0.121. The first-order chi connectivity index (χ1) is 14.1. The number of amides is 1. The summed E-state index contributed by atoms with van der Waals surface area (Å²) in [5.41, 5.74) is 2.69. The Bertz CT molecular complexity index is 990. The third-order valence-electron chi connectivity index (χ3n) is 4.68. The van der Waals surface area contributed by atoms with E-state index in [9.17, 15) is 4.79 Å². The molecule has 1 N–H and O–H groups in total. The van der Waals surface area contributed by atoms with Crippen LogP contribution in [0.5, 0.6) is 11.5 Å². The number of ether oxygens (including phenoxy) is 2. The number of hydrogen-bond acceptors (Lipinski definition) is 5. The zero-order valence-corrected chi connectivity index (χ0v) is 16.7. The quantitative estimate of drug-likeness (QED) is 0.693. The van der Waals surface area contributed by atoms with Gasteiger partial charge in [0.05, 0.1) is 36.4 Å². The van der Waals surface area contributed by atoms with Gasteiger partial charge in [-0.1, -0.05) is 23.7 Å². The van der Waals surface area contributed by atoms with E-state index in [1.807, 2.05) is 37.3 Å². The summed E-state index contributed by atoms with van der Waals surface area (Å²) in [7, 11) is 0. The second-order valence-corrected chi connectivity index (χ2v) is 7.26. The normalized spacial score (nSPS) is 14.1. The highest BCUT2D eigenvalue weighted by Gasteiger charge is 2.17. The molecule has 7 nitrogen and oxygen atoms in total. The second kappa shape index (κ2) is 8.53. The molecule has 0 unspecified atom stereocenters. The maximum absolute atomic E-state index is 12.5. The minimum Gasteiger partial charge on any atom is -0.489 e. The van der Waals surface area contributed by atoms with Crippen LogP contribution in [0.2, 0.25) is 5.02 Å². The number of benzene rings is 2. The van der Waals surface area contributed by atoms with Crippen molar-refractivity contribution in [3.05, 3.63) is 65.2 Å². The molecule has 0 spiro atoms. The Labute approximate surface area is 173 Å². The van der Waals surface area contributed by atoms with Crippen LogP contribution in [0.25, 0.3) is 5.69 Å². The number of rotatable bonds is 5. The fraction of sp³-hybridized carbons (Fsp3) is 0.286. The number of carbonyl (C=O) groups is 1. The summed E-state index contributed by atoms with van der Waals surface area (Å²) in [6.45, 7) is 3.09. The molecule has 0 bridgehead atoms. The maximum Gasteiger partial charge on any atom is 0.224 e. The molecular formula is C21H21ClN4O3. The molecule has 1 amide bonds. The molecule has 4 rings (SSSR count). The van der Waals surface area contributed by atoms with Gasteiger partial charge in [0.1, 0.15) is 12.7 Å². The van der Waals surface area contributed by atoms with Crippen LogP contribution in [-0.4, -0.2) is 33.9 Å². The third kappa shape index (κ3) is 4.51. The molecule has 1 aliphatic rings. The van der Waals surface area contributed by atoms with Crippen molar-refractivity contribution in [3.8, 4) is 17.2 Å². The van der Waals surface area contributed by atoms with Crippen molar-refractivity contribution in [3.63, 3.8) is 0 Å². The summed E-state index contributed by atoms with van der Waals surface area (Å²) in [4.78, 5) is 16.5. The number of nitrogens with zero attached hydrogens (tertiary/aromatic N) is 3. The van der Waals surface area contributed by atoms with Gasteiger partial charge in [0, 0.05) is 6.42 Å². The molecule has 0 fully saturated rings. The summed E-state index contributed by atoms with van der Waals surface area (Å²) in [6, 6.07) is 11.3. The van der Waals surface area contributed by atoms with E-state index >= 15 is 0 Å². The van der Waals surface area contributed by atoms with E-state index in [0.717, 1.165) is 23.2 Å². The molecule has 150 valence electrons. The Morgan fingerprint density at radius 3 is 2.79 bits per heavy atom. The number of fused-ring (bicyclic) bond motifs is 1. The Morgan fingerprint density at radius 1 is 1.24 bits per heavy atom. The Morgan fingerprint density at radius 2 is 2.03 bits per heavy atom. The molecule has 1 atom stereocenters. The van der Waals surface area contributed by atoms with E-state index in [-0.39, 0.29) is 18.4 Å². The molecule has 8 heteroatoms. The van der Waals surface area contributed by atoms with Gasteiger partial charge in [0.2, 0.25) is 5.91 Å². The van der Waals surface area contributed by atoms with Crippen molar-refractivity contribution in [2.24, 2.45) is 0 Å². The SMILES string of the molecule is C[C@@H](NC(=O)Cc1cc(Cl)c2c(c1)OCCCO2)c1ccc(-n2cncn2)cc1. The number of halogens is 1.